The third kappa shape index (κ3) is 1.93. The summed E-state index contributed by atoms with van der Waals surface area (Å²) < 4.78 is 5.49. The molecule has 0 aromatic carbocycles. The number of hydrogen-bond acceptors (Lipinski definition) is 5. The summed E-state index contributed by atoms with van der Waals surface area (Å²) in [6.45, 7) is 3.21. The fourth-order valence-electron chi connectivity index (χ4n) is 2.90. The molecule has 0 radical (unpaired) electrons. The third-order valence-electron chi connectivity index (χ3n) is 3.82. The van der Waals surface area contributed by atoms with Crippen molar-refractivity contribution >= 4 is 17.8 Å². The molecule has 0 aromatic heterocycles. The first-order chi connectivity index (χ1) is 9.22. The maximum absolute atomic E-state index is 12.4. The van der Waals surface area contributed by atoms with Crippen LogP contribution < -0.4 is 5.43 Å². The Bertz CT molecular complexity index is 437. The predicted molar refractivity (Wildman–Crippen MR) is 67.2 cm³/mol. The molecule has 3 heterocycles. The first kappa shape index (κ1) is 12.3. The van der Waals surface area contributed by atoms with Crippen LogP contribution in [0.3, 0.4) is 0 Å². The van der Waals surface area contributed by atoms with E-state index in [0.29, 0.717) is 18.7 Å². The Morgan fingerprint density at radius 1 is 1.58 bits per heavy atom. The number of amidine groups is 1. The fraction of sp³-hybridized carbons (Fsp3) is 0.750. The molecule has 3 aliphatic heterocycles. The number of rotatable bonds is 2. The Labute approximate surface area is 111 Å². The van der Waals surface area contributed by atoms with Gasteiger partial charge < -0.3 is 15.1 Å². The average molecular weight is 266 g/mol. The van der Waals surface area contributed by atoms with Crippen LogP contribution in [0.5, 0.6) is 0 Å². The summed E-state index contributed by atoms with van der Waals surface area (Å²) in [5.74, 6) is 0.399. The van der Waals surface area contributed by atoms with Gasteiger partial charge in [-0.05, 0) is 12.8 Å². The molecule has 1 N–H and O–H groups in total. The van der Waals surface area contributed by atoms with Crippen molar-refractivity contribution in [3.05, 3.63) is 0 Å². The lowest BCUT2D eigenvalue weighted by atomic mass is 10.2. The van der Waals surface area contributed by atoms with Gasteiger partial charge in [0, 0.05) is 25.9 Å². The number of hydrogen-bond donors (Lipinski definition) is 1. The number of carbonyl (C=O) groups is 2. The molecule has 0 saturated carbocycles. The maximum atomic E-state index is 12.4. The predicted octanol–water partition coefficient (Wildman–Crippen LogP) is 0.472. The van der Waals surface area contributed by atoms with Gasteiger partial charge in [0.15, 0.2) is 0 Å². The molecule has 0 aromatic rings. The van der Waals surface area contributed by atoms with Crippen molar-refractivity contribution in [2.75, 3.05) is 13.1 Å². The van der Waals surface area contributed by atoms with Crippen LogP contribution in [0.2, 0.25) is 0 Å². The zero-order valence-electron chi connectivity index (χ0n) is 11.0. The third-order valence-corrected chi connectivity index (χ3v) is 3.82. The summed E-state index contributed by atoms with van der Waals surface area (Å²) in [5.41, 5.74) is 2.86. The Hall–Kier alpha value is -1.79. The van der Waals surface area contributed by atoms with Crippen LogP contribution in [0.15, 0.2) is 5.10 Å². The van der Waals surface area contributed by atoms with E-state index in [1.54, 1.807) is 16.7 Å². The smallest absolute Gasteiger partial charge is 0.328 e. The van der Waals surface area contributed by atoms with Crippen molar-refractivity contribution in [2.24, 2.45) is 5.10 Å². The molecule has 0 aliphatic carbocycles. The SMILES string of the molecule is CCC(=O)OC1C2CCCN2C(=O)N1C1=NNCC1. The Morgan fingerprint density at radius 2 is 2.42 bits per heavy atom. The number of amides is 2. The largest absolute Gasteiger partial charge is 0.439 e. The molecule has 3 rings (SSSR count). The van der Waals surface area contributed by atoms with E-state index in [-0.39, 0.29) is 18.0 Å². The van der Waals surface area contributed by atoms with Gasteiger partial charge in [-0.2, -0.15) is 5.10 Å². The van der Waals surface area contributed by atoms with Gasteiger partial charge in [-0.3, -0.25) is 4.79 Å². The van der Waals surface area contributed by atoms with Crippen LogP contribution in [0.25, 0.3) is 0 Å². The Morgan fingerprint density at radius 3 is 3.11 bits per heavy atom. The summed E-state index contributed by atoms with van der Waals surface area (Å²) in [7, 11) is 0. The van der Waals surface area contributed by atoms with Gasteiger partial charge in [-0.25, -0.2) is 9.69 Å². The van der Waals surface area contributed by atoms with Crippen LogP contribution in [0, 0.1) is 0 Å². The quantitative estimate of drug-likeness (QED) is 0.737. The van der Waals surface area contributed by atoms with Crippen molar-refractivity contribution in [2.45, 2.75) is 44.9 Å². The molecule has 7 heteroatoms. The number of carbonyl (C=O) groups excluding carboxylic acids is 2. The van der Waals surface area contributed by atoms with Crippen molar-refractivity contribution in [3.63, 3.8) is 0 Å². The van der Waals surface area contributed by atoms with Crippen LogP contribution in [-0.4, -0.2) is 53.0 Å². The number of urea groups is 1. The lowest BCUT2D eigenvalue weighted by molar-refractivity contribution is -0.154. The number of fused-ring (bicyclic) bond motifs is 1. The first-order valence-corrected chi connectivity index (χ1v) is 6.81. The van der Waals surface area contributed by atoms with E-state index in [1.165, 1.54) is 0 Å². The van der Waals surface area contributed by atoms with Crippen molar-refractivity contribution in [1.82, 2.24) is 15.2 Å². The van der Waals surface area contributed by atoms with Gasteiger partial charge in [-0.1, -0.05) is 6.92 Å². The van der Waals surface area contributed by atoms with Gasteiger partial charge in [-0.15, -0.1) is 0 Å². The summed E-state index contributed by atoms with van der Waals surface area (Å²) in [6, 6.07) is -0.106. The number of nitrogens with one attached hydrogen (secondary N) is 1. The topological polar surface area (TPSA) is 74.2 Å². The fourth-order valence-corrected chi connectivity index (χ4v) is 2.90. The second kappa shape index (κ2) is 4.71. The minimum Gasteiger partial charge on any atom is -0.439 e. The highest BCUT2D eigenvalue weighted by Crippen LogP contribution is 2.33. The zero-order valence-corrected chi connectivity index (χ0v) is 11.0. The number of hydrazone groups is 1. The molecular formula is C12H18N4O3. The van der Waals surface area contributed by atoms with Gasteiger partial charge in [0.05, 0.1) is 6.04 Å². The van der Waals surface area contributed by atoms with Crippen molar-refractivity contribution in [3.8, 4) is 0 Å². The highest BCUT2D eigenvalue weighted by Gasteiger charge is 2.52. The standard InChI is InChI=1S/C12H18N4O3/c1-2-10(17)19-11-8-4-3-7-15(8)12(18)16(11)9-5-6-13-14-9/h8,11,13H,2-7H2,1H3. The highest BCUT2D eigenvalue weighted by molar-refractivity contribution is 6.00. The molecule has 104 valence electrons. The molecule has 7 nitrogen and oxygen atoms in total. The van der Waals surface area contributed by atoms with E-state index in [1.807, 2.05) is 0 Å². The molecule has 3 aliphatic rings. The lowest BCUT2D eigenvalue weighted by Gasteiger charge is -2.24. The van der Waals surface area contributed by atoms with E-state index in [2.05, 4.69) is 10.5 Å². The van der Waals surface area contributed by atoms with Crippen molar-refractivity contribution < 1.29 is 14.3 Å². The maximum Gasteiger partial charge on any atom is 0.328 e. The molecule has 0 bridgehead atoms. The molecule has 0 spiro atoms. The molecule has 2 fully saturated rings. The second-order valence-electron chi connectivity index (χ2n) is 4.98. The molecule has 2 atom stereocenters. The second-order valence-corrected chi connectivity index (χ2v) is 4.98. The first-order valence-electron chi connectivity index (χ1n) is 6.81. The van der Waals surface area contributed by atoms with Gasteiger partial charge in [0.2, 0.25) is 6.23 Å². The van der Waals surface area contributed by atoms with E-state index in [9.17, 15) is 9.59 Å². The normalized spacial score (nSPS) is 29.3. The minimum atomic E-state index is -0.513. The molecule has 19 heavy (non-hydrogen) atoms. The summed E-state index contributed by atoms with van der Waals surface area (Å²) in [5, 5.41) is 4.13. The van der Waals surface area contributed by atoms with Crippen LogP contribution in [-0.2, 0) is 9.53 Å². The molecular weight excluding hydrogens is 248 g/mol. The minimum absolute atomic E-state index is 0.0219. The van der Waals surface area contributed by atoms with Crippen molar-refractivity contribution in [1.29, 1.82) is 0 Å². The van der Waals surface area contributed by atoms with E-state index in [0.717, 1.165) is 25.9 Å². The van der Waals surface area contributed by atoms with Gasteiger partial charge in [0.1, 0.15) is 5.84 Å². The summed E-state index contributed by atoms with van der Waals surface area (Å²) in [6.07, 6.45) is 2.34. The van der Waals surface area contributed by atoms with Gasteiger partial charge in [0.25, 0.3) is 0 Å². The van der Waals surface area contributed by atoms with Crippen LogP contribution in [0.4, 0.5) is 4.79 Å². The molecule has 2 unspecified atom stereocenters. The number of ether oxygens (including phenoxy) is 1. The summed E-state index contributed by atoms with van der Waals surface area (Å²) >= 11 is 0. The Balaban J connectivity index is 1.86. The summed E-state index contributed by atoms with van der Waals surface area (Å²) in [4.78, 5) is 27.3. The Kier molecular flexibility index (Phi) is 3.04. The molecule has 2 amide bonds. The van der Waals surface area contributed by atoms with Crippen LogP contribution in [0.1, 0.15) is 32.6 Å². The zero-order chi connectivity index (χ0) is 13.4. The van der Waals surface area contributed by atoms with Gasteiger partial charge >= 0.3 is 12.0 Å². The number of esters is 1. The van der Waals surface area contributed by atoms with Crippen LogP contribution >= 0.6 is 0 Å². The highest BCUT2D eigenvalue weighted by atomic mass is 16.6. The molecule has 2 saturated heterocycles. The monoisotopic (exact) mass is 266 g/mol. The van der Waals surface area contributed by atoms with E-state index >= 15 is 0 Å². The van der Waals surface area contributed by atoms with E-state index < -0.39 is 6.23 Å². The number of nitrogens with zero attached hydrogens (tertiary/aromatic N) is 3. The lowest BCUT2D eigenvalue weighted by Crippen LogP contribution is -2.43. The van der Waals surface area contributed by atoms with E-state index in [4.69, 9.17) is 4.74 Å². The average Bonchev–Trinajstić information content (AvgIpc) is 3.10.